The van der Waals surface area contributed by atoms with Crippen molar-refractivity contribution in [2.45, 2.75) is 33.4 Å². The lowest BCUT2D eigenvalue weighted by Gasteiger charge is -2.21. The van der Waals surface area contributed by atoms with Gasteiger partial charge in [-0.1, -0.05) is 19.9 Å². The van der Waals surface area contributed by atoms with Gasteiger partial charge < -0.3 is 10.2 Å². The van der Waals surface area contributed by atoms with Crippen molar-refractivity contribution in [3.63, 3.8) is 0 Å². The molecule has 1 rings (SSSR count). The number of halogens is 1. The van der Waals surface area contributed by atoms with Gasteiger partial charge in [0.25, 0.3) is 0 Å². The zero-order chi connectivity index (χ0) is 13.5. The third kappa shape index (κ3) is 3.81. The van der Waals surface area contributed by atoms with E-state index in [0.29, 0.717) is 37.1 Å². The zero-order valence-electron chi connectivity index (χ0n) is 11.4. The molecule has 0 aliphatic rings. The number of aromatic nitrogens is 1. The van der Waals surface area contributed by atoms with Crippen molar-refractivity contribution in [1.82, 2.24) is 10.3 Å². The highest BCUT2D eigenvalue weighted by Crippen LogP contribution is 2.19. The third-order valence-electron chi connectivity index (χ3n) is 2.68. The lowest BCUT2D eigenvalue weighted by atomic mass is 10.2. The fourth-order valence-corrected chi connectivity index (χ4v) is 1.66. The van der Waals surface area contributed by atoms with Gasteiger partial charge in [0.2, 0.25) is 0 Å². The predicted octanol–water partition coefficient (Wildman–Crippen LogP) is 2.73. The van der Waals surface area contributed by atoms with Crippen molar-refractivity contribution in [2.24, 2.45) is 0 Å². The van der Waals surface area contributed by atoms with Gasteiger partial charge in [0.05, 0.1) is 0 Å². The van der Waals surface area contributed by atoms with Crippen LogP contribution < -0.4 is 10.2 Å². The SMILES string of the molecule is C=CCN(CC)c1nccc(CNC(C)C)c1F. The molecule has 0 fully saturated rings. The molecule has 0 bridgehead atoms. The molecule has 1 N–H and O–H groups in total. The van der Waals surface area contributed by atoms with Crippen LogP contribution in [0.1, 0.15) is 26.3 Å². The molecule has 0 aliphatic carbocycles. The number of rotatable bonds is 7. The quantitative estimate of drug-likeness (QED) is 0.755. The minimum absolute atomic E-state index is 0.241. The Morgan fingerprint density at radius 2 is 2.28 bits per heavy atom. The molecule has 0 amide bonds. The summed E-state index contributed by atoms with van der Waals surface area (Å²) in [6, 6.07) is 2.05. The van der Waals surface area contributed by atoms with Crippen molar-refractivity contribution in [1.29, 1.82) is 0 Å². The normalized spacial score (nSPS) is 10.7. The maximum atomic E-state index is 14.3. The molecule has 0 spiro atoms. The summed E-state index contributed by atoms with van der Waals surface area (Å²) in [7, 11) is 0. The van der Waals surface area contributed by atoms with E-state index in [-0.39, 0.29) is 5.82 Å². The number of hydrogen-bond donors (Lipinski definition) is 1. The largest absolute Gasteiger partial charge is 0.351 e. The third-order valence-corrected chi connectivity index (χ3v) is 2.68. The van der Waals surface area contributed by atoms with Gasteiger partial charge >= 0.3 is 0 Å². The molecular weight excluding hydrogens is 229 g/mol. The second-order valence-electron chi connectivity index (χ2n) is 4.47. The van der Waals surface area contributed by atoms with Crippen LogP contribution in [0.25, 0.3) is 0 Å². The highest BCUT2D eigenvalue weighted by molar-refractivity contribution is 5.43. The minimum atomic E-state index is -0.241. The van der Waals surface area contributed by atoms with Gasteiger partial charge in [-0.3, -0.25) is 0 Å². The van der Waals surface area contributed by atoms with E-state index in [1.165, 1.54) is 0 Å². The molecular formula is C14H22FN3. The van der Waals surface area contributed by atoms with E-state index in [9.17, 15) is 4.39 Å². The maximum Gasteiger partial charge on any atom is 0.170 e. The summed E-state index contributed by atoms with van der Waals surface area (Å²) in [5.74, 6) is 0.162. The van der Waals surface area contributed by atoms with Crippen molar-refractivity contribution in [3.8, 4) is 0 Å². The first-order chi connectivity index (χ1) is 8.60. The van der Waals surface area contributed by atoms with E-state index < -0.39 is 0 Å². The molecule has 4 heteroatoms. The Kier molecular flexibility index (Phi) is 5.78. The Bertz CT molecular complexity index is 391. The lowest BCUT2D eigenvalue weighted by molar-refractivity contribution is 0.548. The predicted molar refractivity (Wildman–Crippen MR) is 74.3 cm³/mol. The first-order valence-electron chi connectivity index (χ1n) is 6.32. The van der Waals surface area contributed by atoms with Crippen LogP contribution in [0.15, 0.2) is 24.9 Å². The zero-order valence-corrected chi connectivity index (χ0v) is 11.4. The number of pyridine rings is 1. The van der Waals surface area contributed by atoms with E-state index in [0.717, 1.165) is 0 Å². The van der Waals surface area contributed by atoms with Crippen molar-refractivity contribution in [3.05, 3.63) is 36.3 Å². The number of anilines is 1. The number of hydrogen-bond acceptors (Lipinski definition) is 3. The Morgan fingerprint density at radius 1 is 1.56 bits per heavy atom. The maximum absolute atomic E-state index is 14.3. The molecule has 0 aromatic carbocycles. The van der Waals surface area contributed by atoms with Crippen molar-refractivity contribution in [2.75, 3.05) is 18.0 Å². The molecule has 1 aromatic heterocycles. The van der Waals surface area contributed by atoms with E-state index >= 15 is 0 Å². The van der Waals surface area contributed by atoms with Crippen LogP contribution in [0.2, 0.25) is 0 Å². The van der Waals surface area contributed by atoms with E-state index in [1.807, 2.05) is 25.7 Å². The van der Waals surface area contributed by atoms with Gasteiger partial charge in [0.15, 0.2) is 11.6 Å². The topological polar surface area (TPSA) is 28.2 Å². The second kappa shape index (κ2) is 7.11. The average molecular weight is 251 g/mol. The number of likely N-dealkylation sites (N-methyl/N-ethyl adjacent to an activating group) is 1. The van der Waals surface area contributed by atoms with Crippen LogP contribution in [-0.4, -0.2) is 24.1 Å². The minimum Gasteiger partial charge on any atom is -0.351 e. The molecule has 18 heavy (non-hydrogen) atoms. The fourth-order valence-electron chi connectivity index (χ4n) is 1.66. The molecule has 1 heterocycles. The van der Waals surface area contributed by atoms with Crippen LogP contribution in [0.3, 0.4) is 0 Å². The van der Waals surface area contributed by atoms with E-state index in [1.54, 1.807) is 18.3 Å². The van der Waals surface area contributed by atoms with Crippen LogP contribution in [0, 0.1) is 5.82 Å². The number of nitrogens with one attached hydrogen (secondary N) is 1. The van der Waals surface area contributed by atoms with Gasteiger partial charge in [-0.15, -0.1) is 6.58 Å². The van der Waals surface area contributed by atoms with E-state index in [4.69, 9.17) is 0 Å². The molecule has 100 valence electrons. The molecule has 3 nitrogen and oxygen atoms in total. The summed E-state index contributed by atoms with van der Waals surface area (Å²) < 4.78 is 14.3. The van der Waals surface area contributed by atoms with Crippen LogP contribution in [0.5, 0.6) is 0 Å². The summed E-state index contributed by atoms with van der Waals surface area (Å²) in [6.07, 6.45) is 3.41. The van der Waals surface area contributed by atoms with Gasteiger partial charge in [0, 0.05) is 37.4 Å². The standard InChI is InChI=1S/C14H22FN3/c1-5-9-18(6-2)14-13(15)12(7-8-16-14)10-17-11(3)4/h5,7-8,11,17H,1,6,9-10H2,2-4H3. The van der Waals surface area contributed by atoms with Crippen LogP contribution in [-0.2, 0) is 6.54 Å². The van der Waals surface area contributed by atoms with Gasteiger partial charge in [0.1, 0.15) is 0 Å². The summed E-state index contributed by atoms with van der Waals surface area (Å²) in [5.41, 5.74) is 0.649. The van der Waals surface area contributed by atoms with Crippen LogP contribution in [0.4, 0.5) is 10.2 Å². The smallest absolute Gasteiger partial charge is 0.170 e. The van der Waals surface area contributed by atoms with Gasteiger partial charge in [-0.05, 0) is 13.0 Å². The first-order valence-corrected chi connectivity index (χ1v) is 6.32. The monoisotopic (exact) mass is 251 g/mol. The molecule has 0 saturated heterocycles. The summed E-state index contributed by atoms with van der Waals surface area (Å²) in [5, 5.41) is 3.21. The Morgan fingerprint density at radius 3 is 2.83 bits per heavy atom. The molecule has 1 aromatic rings. The molecule has 0 aliphatic heterocycles. The second-order valence-corrected chi connectivity index (χ2v) is 4.47. The van der Waals surface area contributed by atoms with Crippen molar-refractivity contribution >= 4 is 5.82 Å². The average Bonchev–Trinajstić information content (AvgIpc) is 2.35. The van der Waals surface area contributed by atoms with Crippen LogP contribution >= 0.6 is 0 Å². The molecule has 0 saturated carbocycles. The summed E-state index contributed by atoms with van der Waals surface area (Å²) >= 11 is 0. The highest BCUT2D eigenvalue weighted by atomic mass is 19.1. The Balaban J connectivity index is 2.92. The molecule has 0 atom stereocenters. The summed E-state index contributed by atoms with van der Waals surface area (Å²) in [4.78, 5) is 5.99. The van der Waals surface area contributed by atoms with Gasteiger partial charge in [-0.25, -0.2) is 9.37 Å². The van der Waals surface area contributed by atoms with Gasteiger partial charge in [-0.2, -0.15) is 0 Å². The fraction of sp³-hybridized carbons (Fsp3) is 0.500. The van der Waals surface area contributed by atoms with E-state index in [2.05, 4.69) is 16.9 Å². The van der Waals surface area contributed by atoms with Crippen molar-refractivity contribution < 1.29 is 4.39 Å². The lowest BCUT2D eigenvalue weighted by Crippen LogP contribution is -2.26. The molecule has 0 radical (unpaired) electrons. The Hall–Kier alpha value is -1.42. The number of nitrogens with zero attached hydrogens (tertiary/aromatic N) is 2. The summed E-state index contributed by atoms with van der Waals surface area (Å²) in [6.45, 7) is 11.6. The highest BCUT2D eigenvalue weighted by Gasteiger charge is 2.14. The Labute approximate surface area is 109 Å². The first kappa shape index (κ1) is 14.6. The molecule has 0 unspecified atom stereocenters.